The van der Waals surface area contributed by atoms with Gasteiger partial charge >= 0.3 is 0 Å². The maximum absolute atomic E-state index is 11.6. The summed E-state index contributed by atoms with van der Waals surface area (Å²) in [5.41, 5.74) is 3.02. The zero-order valence-corrected chi connectivity index (χ0v) is 12.8. The molecule has 1 aliphatic rings. The Morgan fingerprint density at radius 1 is 1.30 bits per heavy atom. The third-order valence-corrected chi connectivity index (χ3v) is 3.98. The van der Waals surface area contributed by atoms with Crippen molar-refractivity contribution in [2.45, 2.75) is 26.7 Å². The lowest BCUT2D eigenvalue weighted by Gasteiger charge is -2.14. The van der Waals surface area contributed by atoms with Gasteiger partial charge in [0.1, 0.15) is 5.75 Å². The first-order chi connectivity index (χ1) is 9.42. The number of carbonyl (C=O) groups excluding carboxylic acids is 2. The van der Waals surface area contributed by atoms with Crippen LogP contribution in [-0.4, -0.2) is 18.3 Å². The van der Waals surface area contributed by atoms with E-state index in [2.05, 4.69) is 19.2 Å². The molecule has 1 aromatic rings. The summed E-state index contributed by atoms with van der Waals surface area (Å²) in [5.74, 6) is 0.829. The van der Waals surface area contributed by atoms with Crippen LogP contribution in [-0.2, 0) is 4.79 Å². The van der Waals surface area contributed by atoms with Crippen LogP contribution in [0.1, 0.15) is 36.5 Å². The summed E-state index contributed by atoms with van der Waals surface area (Å²) < 4.78 is 5.39. The predicted octanol–water partition coefficient (Wildman–Crippen LogP) is 3.45. The van der Waals surface area contributed by atoms with Crippen molar-refractivity contribution in [1.82, 2.24) is 5.32 Å². The van der Waals surface area contributed by atoms with E-state index in [0.717, 1.165) is 34.2 Å². The van der Waals surface area contributed by atoms with Crippen LogP contribution in [0.25, 0.3) is 6.08 Å². The Morgan fingerprint density at radius 2 is 2.00 bits per heavy atom. The molecule has 0 saturated carbocycles. The zero-order valence-electron chi connectivity index (χ0n) is 11.9. The number of nitrogens with one attached hydrogen (secondary N) is 1. The Kier molecular flexibility index (Phi) is 4.18. The molecule has 1 N–H and O–H groups in total. The van der Waals surface area contributed by atoms with Crippen molar-refractivity contribution < 1.29 is 14.3 Å². The van der Waals surface area contributed by atoms with Gasteiger partial charge in [-0.25, -0.2) is 0 Å². The molecule has 1 aromatic carbocycles. The van der Waals surface area contributed by atoms with E-state index in [0.29, 0.717) is 10.8 Å². The van der Waals surface area contributed by atoms with E-state index < -0.39 is 0 Å². The topological polar surface area (TPSA) is 55.4 Å². The van der Waals surface area contributed by atoms with Crippen molar-refractivity contribution in [1.29, 1.82) is 0 Å². The Morgan fingerprint density at radius 3 is 2.50 bits per heavy atom. The number of rotatable bonds is 3. The second-order valence-electron chi connectivity index (χ2n) is 4.96. The number of hydrogen-bond donors (Lipinski definition) is 1. The Bertz CT molecular complexity index is 605. The second-order valence-corrected chi connectivity index (χ2v) is 5.97. The van der Waals surface area contributed by atoms with Gasteiger partial charge in [0.2, 0.25) is 0 Å². The van der Waals surface area contributed by atoms with Crippen LogP contribution in [0.4, 0.5) is 4.79 Å². The van der Waals surface area contributed by atoms with Crippen molar-refractivity contribution in [2.75, 3.05) is 7.11 Å². The molecule has 1 fully saturated rings. The molecule has 0 atom stereocenters. The van der Waals surface area contributed by atoms with E-state index in [1.54, 1.807) is 13.2 Å². The Labute approximate surface area is 122 Å². The molecule has 0 radical (unpaired) electrons. The van der Waals surface area contributed by atoms with E-state index in [1.807, 2.05) is 19.1 Å². The first kappa shape index (κ1) is 14.7. The van der Waals surface area contributed by atoms with Gasteiger partial charge in [-0.3, -0.25) is 14.9 Å². The van der Waals surface area contributed by atoms with Crippen molar-refractivity contribution in [3.63, 3.8) is 0 Å². The molecule has 0 aliphatic carbocycles. The number of carbonyl (C=O) groups is 2. The molecule has 1 heterocycles. The summed E-state index contributed by atoms with van der Waals surface area (Å²) in [5, 5.41) is 1.94. The largest absolute Gasteiger partial charge is 0.496 e. The van der Waals surface area contributed by atoms with E-state index in [9.17, 15) is 9.59 Å². The number of benzene rings is 1. The molecule has 20 heavy (non-hydrogen) atoms. The number of hydrogen-bond acceptors (Lipinski definition) is 4. The average molecular weight is 291 g/mol. The fourth-order valence-corrected chi connectivity index (χ4v) is 2.73. The van der Waals surface area contributed by atoms with Gasteiger partial charge in [0.05, 0.1) is 12.0 Å². The highest BCUT2D eigenvalue weighted by molar-refractivity contribution is 8.18. The predicted molar refractivity (Wildman–Crippen MR) is 80.9 cm³/mol. The maximum atomic E-state index is 11.6. The van der Waals surface area contributed by atoms with Gasteiger partial charge in [-0.05, 0) is 59.5 Å². The fraction of sp³-hybridized carbons (Fsp3) is 0.333. The molecule has 0 spiro atoms. The number of amides is 2. The number of imide groups is 1. The summed E-state index contributed by atoms with van der Waals surface area (Å²) in [6.45, 7) is 6.13. The minimum absolute atomic E-state index is 0.314. The van der Waals surface area contributed by atoms with E-state index in [4.69, 9.17) is 4.74 Å². The normalized spacial score (nSPS) is 16.9. The number of ether oxygens (including phenoxy) is 1. The third kappa shape index (κ3) is 2.88. The Hall–Kier alpha value is -1.75. The minimum Gasteiger partial charge on any atom is -0.496 e. The number of methoxy groups -OCH3 is 1. The SMILES string of the molecule is COc1cc(C)c(/C=C2/SC(=O)NC2=O)cc1C(C)C. The summed E-state index contributed by atoms with van der Waals surface area (Å²) >= 11 is 0.932. The summed E-state index contributed by atoms with van der Waals surface area (Å²) in [4.78, 5) is 23.2. The summed E-state index contributed by atoms with van der Waals surface area (Å²) in [6, 6.07) is 3.98. The third-order valence-electron chi connectivity index (χ3n) is 3.17. The van der Waals surface area contributed by atoms with Crippen LogP contribution in [0.5, 0.6) is 5.75 Å². The number of thioether (sulfide) groups is 1. The van der Waals surface area contributed by atoms with Crippen molar-refractivity contribution in [2.24, 2.45) is 0 Å². The molecular formula is C15H17NO3S. The molecular weight excluding hydrogens is 274 g/mol. The first-order valence-corrected chi connectivity index (χ1v) is 7.17. The zero-order chi connectivity index (χ0) is 14.9. The Balaban J connectivity index is 2.47. The number of aryl methyl sites for hydroxylation is 1. The highest BCUT2D eigenvalue weighted by Crippen LogP contribution is 2.32. The van der Waals surface area contributed by atoms with Gasteiger partial charge in [0.15, 0.2) is 0 Å². The summed E-state index contributed by atoms with van der Waals surface area (Å²) in [7, 11) is 1.65. The molecule has 2 rings (SSSR count). The van der Waals surface area contributed by atoms with Gasteiger partial charge in [-0.1, -0.05) is 13.8 Å². The van der Waals surface area contributed by atoms with Gasteiger partial charge in [-0.15, -0.1) is 0 Å². The van der Waals surface area contributed by atoms with Crippen LogP contribution in [0.2, 0.25) is 0 Å². The lowest BCUT2D eigenvalue weighted by atomic mass is 9.96. The molecule has 0 aromatic heterocycles. The van der Waals surface area contributed by atoms with Gasteiger partial charge < -0.3 is 4.74 Å². The minimum atomic E-state index is -0.332. The highest BCUT2D eigenvalue weighted by atomic mass is 32.2. The quantitative estimate of drug-likeness (QED) is 0.867. The molecule has 1 saturated heterocycles. The standard InChI is InChI=1S/C15H17NO3S/c1-8(2)11-6-10(9(3)5-12(11)19-4)7-13-14(17)16-15(18)20-13/h5-8H,1-4H3,(H,16,17,18)/b13-7+. The molecule has 106 valence electrons. The molecule has 1 aliphatic heterocycles. The van der Waals surface area contributed by atoms with Crippen LogP contribution in [0.3, 0.4) is 0 Å². The summed E-state index contributed by atoms with van der Waals surface area (Å²) in [6.07, 6.45) is 1.76. The first-order valence-electron chi connectivity index (χ1n) is 6.35. The average Bonchev–Trinajstić information content (AvgIpc) is 2.69. The molecule has 5 heteroatoms. The highest BCUT2D eigenvalue weighted by Gasteiger charge is 2.25. The molecule has 0 unspecified atom stereocenters. The lowest BCUT2D eigenvalue weighted by Crippen LogP contribution is -2.17. The fourth-order valence-electron chi connectivity index (χ4n) is 2.06. The van der Waals surface area contributed by atoms with E-state index in [1.165, 1.54) is 0 Å². The van der Waals surface area contributed by atoms with Crippen LogP contribution >= 0.6 is 11.8 Å². The van der Waals surface area contributed by atoms with Crippen molar-refractivity contribution in [3.05, 3.63) is 33.7 Å². The van der Waals surface area contributed by atoms with Gasteiger partial charge in [0.25, 0.3) is 11.1 Å². The van der Waals surface area contributed by atoms with Gasteiger partial charge in [0, 0.05) is 0 Å². The molecule has 2 amide bonds. The van der Waals surface area contributed by atoms with Gasteiger partial charge in [-0.2, -0.15) is 0 Å². The van der Waals surface area contributed by atoms with Crippen LogP contribution < -0.4 is 10.1 Å². The molecule has 4 nitrogen and oxygen atoms in total. The van der Waals surface area contributed by atoms with E-state index in [-0.39, 0.29) is 11.1 Å². The van der Waals surface area contributed by atoms with Crippen molar-refractivity contribution in [3.8, 4) is 5.75 Å². The second kappa shape index (κ2) is 5.71. The smallest absolute Gasteiger partial charge is 0.290 e. The van der Waals surface area contributed by atoms with Crippen molar-refractivity contribution >= 4 is 29.0 Å². The molecule has 0 bridgehead atoms. The maximum Gasteiger partial charge on any atom is 0.290 e. The van der Waals surface area contributed by atoms with E-state index >= 15 is 0 Å². The van der Waals surface area contributed by atoms with Crippen LogP contribution in [0, 0.1) is 6.92 Å². The monoisotopic (exact) mass is 291 g/mol. The lowest BCUT2D eigenvalue weighted by molar-refractivity contribution is -0.115. The van der Waals surface area contributed by atoms with Crippen LogP contribution in [0.15, 0.2) is 17.0 Å².